The predicted octanol–water partition coefficient (Wildman–Crippen LogP) is 2.94. The Bertz CT molecular complexity index is 233. The Labute approximate surface area is 82.3 Å². The van der Waals surface area contributed by atoms with Gasteiger partial charge in [-0.2, -0.15) is 0 Å². The van der Waals surface area contributed by atoms with E-state index in [1.165, 1.54) is 3.57 Å². The topological polar surface area (TPSA) is 26.0 Å². The molecule has 0 spiro atoms. The Balaban J connectivity index is 3.34. The number of anilines is 1. The minimum Gasteiger partial charge on any atom is -0.398 e. The summed E-state index contributed by atoms with van der Waals surface area (Å²) in [7, 11) is 0. The minimum atomic E-state index is 0.840. The van der Waals surface area contributed by atoms with Crippen LogP contribution in [0.25, 0.3) is 0 Å². The van der Waals surface area contributed by atoms with Crippen LogP contribution in [-0.4, -0.2) is 0 Å². The molecule has 2 N–H and O–H groups in total. The third-order valence-corrected chi connectivity index (χ3v) is 4.04. The second-order valence-corrected chi connectivity index (χ2v) is 4.03. The summed E-state index contributed by atoms with van der Waals surface area (Å²) in [6, 6.07) is 3.91. The van der Waals surface area contributed by atoms with Crippen LogP contribution in [0.4, 0.5) is 5.69 Å². The van der Waals surface area contributed by atoms with Crippen LogP contribution in [0, 0.1) is 10.5 Å². The van der Waals surface area contributed by atoms with Crippen molar-refractivity contribution in [3.63, 3.8) is 0 Å². The second kappa shape index (κ2) is 3.09. The molecule has 3 heteroatoms. The summed E-state index contributed by atoms with van der Waals surface area (Å²) < 4.78 is 2.30. The smallest absolute Gasteiger partial charge is 0.0358 e. The van der Waals surface area contributed by atoms with Crippen molar-refractivity contribution in [1.82, 2.24) is 0 Å². The molecule has 0 amide bonds. The fourth-order valence-corrected chi connectivity index (χ4v) is 1.61. The molecule has 0 aliphatic rings. The zero-order valence-electron chi connectivity index (χ0n) is 5.49. The van der Waals surface area contributed by atoms with Crippen molar-refractivity contribution >= 4 is 44.2 Å². The zero-order valence-corrected chi connectivity index (χ0v) is 9.23. The summed E-state index contributed by atoms with van der Waals surface area (Å²) >= 11 is 5.71. The van der Waals surface area contributed by atoms with Crippen LogP contribution in [0.1, 0.15) is 5.56 Å². The van der Waals surface area contributed by atoms with Gasteiger partial charge < -0.3 is 5.73 Å². The quantitative estimate of drug-likeness (QED) is 0.578. The van der Waals surface area contributed by atoms with Crippen molar-refractivity contribution in [3.05, 3.63) is 25.7 Å². The fourth-order valence-electron chi connectivity index (χ4n) is 0.667. The van der Waals surface area contributed by atoms with Crippen molar-refractivity contribution in [2.45, 2.75) is 6.92 Å². The first-order valence-electron chi connectivity index (χ1n) is 2.83. The highest BCUT2D eigenvalue weighted by Gasteiger charge is 2.01. The SMILES string of the molecule is Cc1c(N)ccc(I)c1Br. The minimum absolute atomic E-state index is 0.840. The van der Waals surface area contributed by atoms with Crippen molar-refractivity contribution in [1.29, 1.82) is 0 Å². The zero-order chi connectivity index (χ0) is 7.72. The summed E-state index contributed by atoms with van der Waals surface area (Å²) in [5.74, 6) is 0. The van der Waals surface area contributed by atoms with E-state index >= 15 is 0 Å². The molecule has 0 radical (unpaired) electrons. The summed E-state index contributed by atoms with van der Waals surface area (Å²) in [6.45, 7) is 2.00. The maximum absolute atomic E-state index is 5.66. The molecule has 54 valence electrons. The maximum atomic E-state index is 5.66. The van der Waals surface area contributed by atoms with Crippen LogP contribution in [0.5, 0.6) is 0 Å². The molecule has 0 aliphatic carbocycles. The van der Waals surface area contributed by atoms with Crippen LogP contribution in [0.3, 0.4) is 0 Å². The van der Waals surface area contributed by atoms with Gasteiger partial charge in [0.1, 0.15) is 0 Å². The molecule has 1 rings (SSSR count). The molecule has 0 saturated heterocycles. The van der Waals surface area contributed by atoms with E-state index in [-0.39, 0.29) is 0 Å². The lowest BCUT2D eigenvalue weighted by Gasteiger charge is -2.03. The van der Waals surface area contributed by atoms with Crippen molar-refractivity contribution in [3.8, 4) is 0 Å². The highest BCUT2D eigenvalue weighted by molar-refractivity contribution is 14.1. The van der Waals surface area contributed by atoms with E-state index in [2.05, 4.69) is 38.5 Å². The number of hydrogen-bond acceptors (Lipinski definition) is 1. The molecule has 1 aromatic rings. The van der Waals surface area contributed by atoms with Crippen molar-refractivity contribution in [2.75, 3.05) is 5.73 Å². The number of halogens is 2. The fraction of sp³-hybridized carbons (Fsp3) is 0.143. The first-order chi connectivity index (χ1) is 4.63. The average molecular weight is 312 g/mol. The maximum Gasteiger partial charge on any atom is 0.0358 e. The summed E-state index contributed by atoms with van der Waals surface area (Å²) in [4.78, 5) is 0. The van der Waals surface area contributed by atoms with Gasteiger partial charge in [0, 0.05) is 13.7 Å². The Morgan fingerprint density at radius 2 is 2.10 bits per heavy atom. The first kappa shape index (κ1) is 8.33. The Kier molecular flexibility index (Phi) is 2.57. The average Bonchev–Trinajstić information content (AvgIpc) is 1.93. The lowest BCUT2D eigenvalue weighted by Crippen LogP contribution is -1.91. The number of benzene rings is 1. The molecule has 0 aliphatic heterocycles. The highest BCUT2D eigenvalue weighted by atomic mass is 127. The Morgan fingerprint density at radius 1 is 1.50 bits per heavy atom. The molecular formula is C7H7BrIN. The number of nitrogen functional groups attached to an aromatic ring is 1. The molecule has 0 fully saturated rings. The normalized spacial score (nSPS) is 9.90. The van der Waals surface area contributed by atoms with Crippen molar-refractivity contribution < 1.29 is 0 Å². The van der Waals surface area contributed by atoms with E-state index in [0.29, 0.717) is 0 Å². The molecule has 1 aromatic carbocycles. The van der Waals surface area contributed by atoms with Crippen molar-refractivity contribution in [2.24, 2.45) is 0 Å². The number of rotatable bonds is 0. The van der Waals surface area contributed by atoms with Gasteiger partial charge in [0.05, 0.1) is 0 Å². The third kappa shape index (κ3) is 1.45. The van der Waals surface area contributed by atoms with E-state index in [9.17, 15) is 0 Å². The Hall–Kier alpha value is 0.230. The van der Waals surface area contributed by atoms with E-state index in [0.717, 1.165) is 15.7 Å². The largest absolute Gasteiger partial charge is 0.398 e. The molecule has 0 aromatic heterocycles. The molecule has 0 saturated carbocycles. The lowest BCUT2D eigenvalue weighted by molar-refractivity contribution is 1.41. The van der Waals surface area contributed by atoms with Gasteiger partial charge in [-0.15, -0.1) is 0 Å². The Morgan fingerprint density at radius 3 is 2.60 bits per heavy atom. The van der Waals surface area contributed by atoms with Gasteiger partial charge in [-0.05, 0) is 63.1 Å². The second-order valence-electron chi connectivity index (χ2n) is 2.08. The van der Waals surface area contributed by atoms with Gasteiger partial charge in [-0.1, -0.05) is 0 Å². The predicted molar refractivity (Wildman–Crippen MR) is 56.0 cm³/mol. The molecule has 0 unspecified atom stereocenters. The van der Waals surface area contributed by atoms with E-state index in [1.54, 1.807) is 0 Å². The van der Waals surface area contributed by atoms with Gasteiger partial charge >= 0.3 is 0 Å². The van der Waals surface area contributed by atoms with E-state index in [1.807, 2.05) is 19.1 Å². The van der Waals surface area contributed by atoms with Crippen LogP contribution < -0.4 is 5.73 Å². The number of hydrogen-bond donors (Lipinski definition) is 1. The van der Waals surface area contributed by atoms with E-state index in [4.69, 9.17) is 5.73 Å². The van der Waals surface area contributed by atoms with Gasteiger partial charge in [-0.3, -0.25) is 0 Å². The number of nitrogens with two attached hydrogens (primary N) is 1. The molecule has 10 heavy (non-hydrogen) atoms. The van der Waals surface area contributed by atoms with Gasteiger partial charge in [0.25, 0.3) is 0 Å². The lowest BCUT2D eigenvalue weighted by atomic mass is 10.2. The monoisotopic (exact) mass is 311 g/mol. The standard InChI is InChI=1S/C7H7BrIN/c1-4-6(10)3-2-5(9)7(4)8/h2-3H,10H2,1H3. The molecule has 1 nitrogen and oxygen atoms in total. The molecule has 0 bridgehead atoms. The molecule has 0 atom stereocenters. The van der Waals surface area contributed by atoms with E-state index < -0.39 is 0 Å². The molecule has 0 heterocycles. The van der Waals surface area contributed by atoms with Crippen LogP contribution in [0.2, 0.25) is 0 Å². The van der Waals surface area contributed by atoms with Crippen LogP contribution in [-0.2, 0) is 0 Å². The van der Waals surface area contributed by atoms with Crippen LogP contribution in [0.15, 0.2) is 16.6 Å². The van der Waals surface area contributed by atoms with Gasteiger partial charge in [0.15, 0.2) is 0 Å². The third-order valence-electron chi connectivity index (χ3n) is 1.38. The highest BCUT2D eigenvalue weighted by Crippen LogP contribution is 2.26. The summed E-state index contributed by atoms with van der Waals surface area (Å²) in [6.07, 6.45) is 0. The van der Waals surface area contributed by atoms with Crippen LogP contribution >= 0.6 is 38.5 Å². The summed E-state index contributed by atoms with van der Waals surface area (Å²) in [5.41, 5.74) is 7.61. The first-order valence-corrected chi connectivity index (χ1v) is 4.70. The van der Waals surface area contributed by atoms with Gasteiger partial charge in [-0.25, -0.2) is 0 Å². The summed E-state index contributed by atoms with van der Waals surface area (Å²) in [5, 5.41) is 0. The van der Waals surface area contributed by atoms with Gasteiger partial charge in [0.2, 0.25) is 0 Å². The molecular weight excluding hydrogens is 305 g/mol.